The Kier molecular flexibility index (Phi) is 7.35. The number of alkyl carbamates (subject to hydrolysis) is 1. The summed E-state index contributed by atoms with van der Waals surface area (Å²) >= 11 is 0. The first-order valence-electron chi connectivity index (χ1n) is 7.63. The number of rotatable bonds is 7. The van der Waals surface area contributed by atoms with Crippen LogP contribution in [0, 0.1) is 0 Å². The van der Waals surface area contributed by atoms with Gasteiger partial charge in [-0.2, -0.15) is 0 Å². The summed E-state index contributed by atoms with van der Waals surface area (Å²) in [7, 11) is 2.84. The molecule has 1 rings (SSSR count). The number of amides is 1. The van der Waals surface area contributed by atoms with Crippen LogP contribution in [0.2, 0.25) is 0 Å². The normalized spacial score (nSPS) is 10.7. The van der Waals surface area contributed by atoms with Gasteiger partial charge in [0.05, 0.1) is 20.8 Å². The molecule has 1 N–H and O–H groups in total. The van der Waals surface area contributed by atoms with E-state index in [0.29, 0.717) is 36.6 Å². The molecule has 0 aliphatic carbocycles. The van der Waals surface area contributed by atoms with E-state index in [-0.39, 0.29) is 0 Å². The first-order valence-corrected chi connectivity index (χ1v) is 7.63. The number of hydrogen-bond donors (Lipinski definition) is 1. The van der Waals surface area contributed by atoms with Crippen molar-refractivity contribution in [3.8, 4) is 11.5 Å². The lowest BCUT2D eigenvalue weighted by Gasteiger charge is -2.19. The van der Waals surface area contributed by atoms with Gasteiger partial charge in [0.25, 0.3) is 0 Å². The lowest BCUT2D eigenvalue weighted by Crippen LogP contribution is -2.33. The average molecular weight is 339 g/mol. The standard InChI is InChI=1S/C17H25NO6/c1-17(2,3)24-16(20)18-9-6-10-23-14-11-12(21-4)7-8-13(14)15(19)22-5/h7-8,11H,6,9-10H2,1-5H3,(H,18,20). The first-order chi connectivity index (χ1) is 11.3. The van der Waals surface area contributed by atoms with Gasteiger partial charge in [-0.15, -0.1) is 0 Å². The van der Waals surface area contributed by atoms with E-state index in [1.54, 1.807) is 39.0 Å². The van der Waals surface area contributed by atoms with E-state index < -0.39 is 17.7 Å². The fourth-order valence-corrected chi connectivity index (χ4v) is 1.79. The Morgan fingerprint density at radius 2 is 1.88 bits per heavy atom. The summed E-state index contributed by atoms with van der Waals surface area (Å²) in [5.41, 5.74) is -0.213. The van der Waals surface area contributed by atoms with E-state index in [9.17, 15) is 9.59 Å². The molecule has 1 amide bonds. The third kappa shape index (κ3) is 6.76. The summed E-state index contributed by atoms with van der Waals surface area (Å²) in [6, 6.07) is 4.86. The minimum Gasteiger partial charge on any atom is -0.497 e. The quantitative estimate of drug-likeness (QED) is 0.607. The fourth-order valence-electron chi connectivity index (χ4n) is 1.79. The van der Waals surface area contributed by atoms with E-state index in [0.717, 1.165) is 0 Å². The summed E-state index contributed by atoms with van der Waals surface area (Å²) in [5.74, 6) is 0.461. The minimum absolute atomic E-state index is 0.312. The highest BCUT2D eigenvalue weighted by Gasteiger charge is 2.16. The molecule has 0 saturated heterocycles. The van der Waals surface area contributed by atoms with Crippen LogP contribution in [0.3, 0.4) is 0 Å². The molecular formula is C17H25NO6. The van der Waals surface area contributed by atoms with Gasteiger partial charge in [-0.1, -0.05) is 0 Å². The van der Waals surface area contributed by atoms with Gasteiger partial charge in [0.2, 0.25) is 0 Å². The van der Waals surface area contributed by atoms with Crippen LogP contribution in [0.1, 0.15) is 37.6 Å². The minimum atomic E-state index is -0.531. The van der Waals surface area contributed by atoms with Crippen LogP contribution in [0.4, 0.5) is 4.79 Å². The Hall–Kier alpha value is -2.44. The number of carbonyl (C=O) groups excluding carboxylic acids is 2. The van der Waals surface area contributed by atoms with Crippen LogP contribution in [0.5, 0.6) is 11.5 Å². The molecule has 134 valence electrons. The highest BCUT2D eigenvalue weighted by atomic mass is 16.6. The maximum Gasteiger partial charge on any atom is 0.407 e. The third-order valence-corrected chi connectivity index (χ3v) is 2.84. The van der Waals surface area contributed by atoms with Crippen molar-refractivity contribution < 1.29 is 28.5 Å². The molecule has 1 aromatic rings. The average Bonchev–Trinajstić information content (AvgIpc) is 2.51. The highest BCUT2D eigenvalue weighted by molar-refractivity contribution is 5.92. The molecule has 0 spiro atoms. The van der Waals surface area contributed by atoms with Crippen molar-refractivity contribution in [3.63, 3.8) is 0 Å². The Labute approximate surface area is 142 Å². The van der Waals surface area contributed by atoms with Crippen molar-refractivity contribution in [3.05, 3.63) is 23.8 Å². The monoisotopic (exact) mass is 339 g/mol. The van der Waals surface area contributed by atoms with Gasteiger partial charge in [0.15, 0.2) is 0 Å². The summed E-state index contributed by atoms with van der Waals surface area (Å²) < 4.78 is 20.6. The van der Waals surface area contributed by atoms with Crippen LogP contribution in [-0.4, -0.2) is 45.0 Å². The number of nitrogens with one attached hydrogen (secondary N) is 1. The molecule has 0 unspecified atom stereocenters. The smallest absolute Gasteiger partial charge is 0.407 e. The molecule has 0 aromatic heterocycles. The van der Waals surface area contributed by atoms with E-state index in [1.165, 1.54) is 14.2 Å². The lowest BCUT2D eigenvalue weighted by molar-refractivity contribution is 0.0525. The molecule has 0 radical (unpaired) electrons. The molecule has 24 heavy (non-hydrogen) atoms. The predicted molar refractivity (Wildman–Crippen MR) is 88.7 cm³/mol. The molecule has 7 nitrogen and oxygen atoms in total. The topological polar surface area (TPSA) is 83.1 Å². The molecule has 0 bridgehead atoms. The number of benzene rings is 1. The fraction of sp³-hybridized carbons (Fsp3) is 0.529. The van der Waals surface area contributed by atoms with Gasteiger partial charge < -0.3 is 24.3 Å². The zero-order valence-electron chi connectivity index (χ0n) is 14.8. The summed E-state index contributed by atoms with van der Waals surface area (Å²) in [4.78, 5) is 23.2. The second-order valence-corrected chi connectivity index (χ2v) is 5.98. The van der Waals surface area contributed by atoms with Crippen molar-refractivity contribution in [1.82, 2.24) is 5.32 Å². The molecule has 0 atom stereocenters. The predicted octanol–water partition coefficient (Wildman–Crippen LogP) is 2.78. The molecule has 1 aromatic carbocycles. The lowest BCUT2D eigenvalue weighted by atomic mass is 10.2. The van der Waals surface area contributed by atoms with Crippen LogP contribution in [0.25, 0.3) is 0 Å². The Morgan fingerprint density at radius 1 is 1.17 bits per heavy atom. The zero-order valence-corrected chi connectivity index (χ0v) is 14.8. The number of esters is 1. The molecule has 0 aliphatic heterocycles. The zero-order chi connectivity index (χ0) is 18.2. The van der Waals surface area contributed by atoms with Gasteiger partial charge >= 0.3 is 12.1 Å². The van der Waals surface area contributed by atoms with Crippen molar-refractivity contribution >= 4 is 12.1 Å². The maximum absolute atomic E-state index is 11.7. The maximum atomic E-state index is 11.7. The summed E-state index contributed by atoms with van der Waals surface area (Å²) in [6.45, 7) is 6.10. The summed E-state index contributed by atoms with van der Waals surface area (Å²) in [5, 5.41) is 2.64. The van der Waals surface area contributed by atoms with Crippen LogP contribution in [0.15, 0.2) is 18.2 Å². The van der Waals surface area contributed by atoms with E-state index in [4.69, 9.17) is 18.9 Å². The van der Waals surface area contributed by atoms with Crippen molar-refractivity contribution in [2.45, 2.75) is 32.8 Å². The van der Waals surface area contributed by atoms with Crippen molar-refractivity contribution in [2.24, 2.45) is 0 Å². The molecule has 0 fully saturated rings. The van der Waals surface area contributed by atoms with Crippen molar-refractivity contribution in [1.29, 1.82) is 0 Å². The van der Waals surface area contributed by atoms with Crippen LogP contribution in [-0.2, 0) is 9.47 Å². The van der Waals surface area contributed by atoms with Crippen LogP contribution < -0.4 is 14.8 Å². The van der Waals surface area contributed by atoms with Crippen molar-refractivity contribution in [2.75, 3.05) is 27.4 Å². The Morgan fingerprint density at radius 3 is 2.46 bits per heavy atom. The SMILES string of the molecule is COC(=O)c1ccc(OC)cc1OCCCNC(=O)OC(C)(C)C. The largest absolute Gasteiger partial charge is 0.497 e. The molecule has 7 heteroatoms. The third-order valence-electron chi connectivity index (χ3n) is 2.84. The number of ether oxygens (including phenoxy) is 4. The summed E-state index contributed by atoms with van der Waals surface area (Å²) in [6.07, 6.45) is 0.0796. The number of hydrogen-bond acceptors (Lipinski definition) is 6. The van der Waals surface area contributed by atoms with Gasteiger partial charge in [-0.3, -0.25) is 0 Å². The van der Waals surface area contributed by atoms with Gasteiger partial charge in [-0.05, 0) is 39.3 Å². The second-order valence-electron chi connectivity index (χ2n) is 5.98. The Balaban J connectivity index is 2.49. The highest BCUT2D eigenvalue weighted by Crippen LogP contribution is 2.25. The molecule has 0 aliphatic rings. The van der Waals surface area contributed by atoms with E-state index in [2.05, 4.69) is 5.32 Å². The van der Waals surface area contributed by atoms with E-state index >= 15 is 0 Å². The van der Waals surface area contributed by atoms with Gasteiger partial charge in [-0.25, -0.2) is 9.59 Å². The molecule has 0 saturated carbocycles. The second kappa shape index (κ2) is 9.00. The Bertz CT molecular complexity index is 565. The molecular weight excluding hydrogens is 314 g/mol. The van der Waals surface area contributed by atoms with Crippen LogP contribution >= 0.6 is 0 Å². The number of methoxy groups -OCH3 is 2. The number of carbonyl (C=O) groups is 2. The first kappa shape index (κ1) is 19.6. The van der Waals surface area contributed by atoms with E-state index in [1.807, 2.05) is 0 Å². The molecule has 0 heterocycles. The van der Waals surface area contributed by atoms with Gasteiger partial charge in [0.1, 0.15) is 22.7 Å². The van der Waals surface area contributed by atoms with Gasteiger partial charge in [0, 0.05) is 12.6 Å².